The number of amides is 7. The van der Waals surface area contributed by atoms with E-state index in [-0.39, 0.29) is 45.4 Å². The van der Waals surface area contributed by atoms with Crippen LogP contribution in [0.1, 0.15) is 78.0 Å². The molecule has 2 aliphatic rings. The number of aliphatic imine (C=N–C) groups is 1. The SMILES string of the molecule is CC[C@H](C)[C@@H]1NC(=O)C(CC2CN=C(NC(=O)OCc3ccccc3)N2C(=O)OCc2ccccc2)NC(=O)[C@H](C)NC(=O)C(NC(=O)C(COCc2ccccc2)NC(=O)OC(C)(C)C)C(C)OC1=O. The molecular formula is C50H64N8O13. The van der Waals surface area contributed by atoms with Gasteiger partial charge >= 0.3 is 24.2 Å². The number of cyclic esters (lactones) is 1. The highest BCUT2D eigenvalue weighted by molar-refractivity contribution is 6.03. The molecule has 3 aromatic carbocycles. The van der Waals surface area contributed by atoms with Gasteiger partial charge in [0, 0.05) is 0 Å². The Morgan fingerprint density at radius 3 is 1.93 bits per heavy atom. The van der Waals surface area contributed by atoms with Crippen LogP contribution >= 0.6 is 0 Å². The molecule has 0 aliphatic carbocycles. The Hall–Kier alpha value is -7.55. The van der Waals surface area contributed by atoms with Crippen molar-refractivity contribution in [3.05, 3.63) is 108 Å². The molecule has 6 N–H and O–H groups in total. The molecule has 0 bridgehead atoms. The van der Waals surface area contributed by atoms with Crippen molar-refractivity contribution in [1.29, 1.82) is 0 Å². The van der Waals surface area contributed by atoms with Crippen molar-refractivity contribution >= 4 is 53.8 Å². The van der Waals surface area contributed by atoms with E-state index in [1.807, 2.05) is 36.4 Å². The lowest BCUT2D eigenvalue weighted by molar-refractivity contribution is -0.157. The third kappa shape index (κ3) is 16.8. The lowest BCUT2D eigenvalue weighted by Crippen LogP contribution is -2.61. The Morgan fingerprint density at radius 2 is 1.35 bits per heavy atom. The van der Waals surface area contributed by atoms with Gasteiger partial charge < -0.3 is 50.3 Å². The molecule has 1 fully saturated rings. The lowest BCUT2D eigenvalue weighted by atomic mass is 9.97. The number of alkyl carbamates (subject to hydrolysis) is 2. The Kier molecular flexibility index (Phi) is 19.8. The van der Waals surface area contributed by atoms with Gasteiger partial charge in [-0.3, -0.25) is 29.5 Å². The largest absolute Gasteiger partial charge is 0.458 e. The van der Waals surface area contributed by atoms with Gasteiger partial charge in [0.15, 0.2) is 0 Å². The zero-order valence-corrected chi connectivity index (χ0v) is 40.9. The first-order chi connectivity index (χ1) is 33.8. The summed E-state index contributed by atoms with van der Waals surface area (Å²) in [5, 5.41) is 15.4. The second-order valence-corrected chi connectivity index (χ2v) is 18.1. The summed E-state index contributed by atoms with van der Waals surface area (Å²) >= 11 is 0. The van der Waals surface area contributed by atoms with Gasteiger partial charge in [-0.1, -0.05) is 111 Å². The molecule has 3 aromatic rings. The minimum atomic E-state index is -1.65. The smallest absolute Gasteiger partial charge is 0.417 e. The Balaban J connectivity index is 1.38. The van der Waals surface area contributed by atoms with E-state index in [4.69, 9.17) is 23.7 Å². The zero-order chi connectivity index (χ0) is 51.7. The van der Waals surface area contributed by atoms with E-state index in [1.165, 1.54) is 13.8 Å². The minimum absolute atomic E-state index is 0.0704. The maximum atomic E-state index is 14.4. The first kappa shape index (κ1) is 54.4. The topological polar surface area (TPSA) is 270 Å². The highest BCUT2D eigenvalue weighted by atomic mass is 16.6. The van der Waals surface area contributed by atoms with Gasteiger partial charge in [0.2, 0.25) is 29.6 Å². The van der Waals surface area contributed by atoms with Gasteiger partial charge in [-0.2, -0.15) is 0 Å². The summed E-state index contributed by atoms with van der Waals surface area (Å²) in [5.41, 5.74) is 1.21. The van der Waals surface area contributed by atoms with Crippen molar-refractivity contribution < 1.29 is 62.0 Å². The average Bonchev–Trinajstić information content (AvgIpc) is 3.73. The number of nitrogens with one attached hydrogen (secondary N) is 6. The summed E-state index contributed by atoms with van der Waals surface area (Å²) in [6, 6.07) is 18.5. The highest BCUT2D eigenvalue weighted by Gasteiger charge is 2.42. The van der Waals surface area contributed by atoms with E-state index in [0.717, 1.165) is 10.5 Å². The van der Waals surface area contributed by atoms with Crippen molar-refractivity contribution in [3.63, 3.8) is 0 Å². The van der Waals surface area contributed by atoms with Crippen molar-refractivity contribution in [2.75, 3.05) is 13.2 Å². The van der Waals surface area contributed by atoms with Crippen LogP contribution in [0.3, 0.4) is 0 Å². The quantitative estimate of drug-likeness (QED) is 0.0937. The van der Waals surface area contributed by atoms with Crippen LogP contribution in [0.15, 0.2) is 96.0 Å². The van der Waals surface area contributed by atoms with E-state index in [1.54, 1.807) is 89.2 Å². The van der Waals surface area contributed by atoms with E-state index in [0.29, 0.717) is 17.5 Å². The van der Waals surface area contributed by atoms with Gasteiger partial charge in [0.25, 0.3) is 0 Å². The zero-order valence-electron chi connectivity index (χ0n) is 40.9. The van der Waals surface area contributed by atoms with Crippen LogP contribution in [0.2, 0.25) is 0 Å². The van der Waals surface area contributed by atoms with Gasteiger partial charge in [0.05, 0.1) is 25.8 Å². The number of nitrogens with zero attached hydrogens (tertiary/aromatic N) is 2. The van der Waals surface area contributed by atoms with Crippen LogP contribution in [-0.2, 0) is 67.5 Å². The molecule has 21 heteroatoms. The summed E-state index contributed by atoms with van der Waals surface area (Å²) < 4.78 is 28.0. The third-order valence-electron chi connectivity index (χ3n) is 11.3. The first-order valence-electron chi connectivity index (χ1n) is 23.4. The summed E-state index contributed by atoms with van der Waals surface area (Å²) in [6.07, 6.45) is -4.21. The van der Waals surface area contributed by atoms with Crippen molar-refractivity contribution in [2.45, 2.75) is 129 Å². The Bertz CT molecular complexity index is 2350. The van der Waals surface area contributed by atoms with Gasteiger partial charge in [0.1, 0.15) is 55.1 Å². The molecule has 0 radical (unpaired) electrons. The van der Waals surface area contributed by atoms with Crippen molar-refractivity contribution in [3.8, 4) is 0 Å². The van der Waals surface area contributed by atoms with E-state index in [2.05, 4.69) is 36.9 Å². The molecule has 5 rings (SSSR count). The normalized spacial score (nSPS) is 21.7. The number of carbonyl (C=O) groups is 8. The Labute approximate surface area is 412 Å². The molecule has 71 heavy (non-hydrogen) atoms. The molecule has 0 spiro atoms. The molecule has 21 nitrogen and oxygen atoms in total. The highest BCUT2D eigenvalue weighted by Crippen LogP contribution is 2.20. The third-order valence-corrected chi connectivity index (χ3v) is 11.3. The number of hydrogen-bond donors (Lipinski definition) is 6. The first-order valence-corrected chi connectivity index (χ1v) is 23.4. The summed E-state index contributed by atoms with van der Waals surface area (Å²) in [5.74, 6) is -5.34. The second kappa shape index (κ2) is 25.9. The molecule has 0 saturated carbocycles. The van der Waals surface area contributed by atoms with E-state index < -0.39 is 102 Å². The standard InChI is InChI=1S/C50H64N8O13/c1-8-30(2)39-45(63)70-32(4)40(56-43(61)38(54-48(65)71-50(5,6)7)29-67-26-33-18-12-9-13-19-33)44(62)52-31(3)41(59)53-37(42(60)55-39)24-36-25-51-46(57-47(64)68-27-34-20-14-10-15-21-34)58(36)49(66)69-28-35-22-16-11-17-23-35/h9-23,30-32,36-40H,8,24-29H2,1-7H3,(H,52,62)(H,53,59)(H,54,65)(H,55,60)(H,56,61)(H,51,57,64)/t30-,31-,32?,36?,37?,38?,39-,40?/m0/s1. The van der Waals surface area contributed by atoms with E-state index >= 15 is 0 Å². The number of rotatable bonds is 15. The van der Waals surface area contributed by atoms with Crippen LogP contribution < -0.4 is 31.9 Å². The molecule has 5 unspecified atom stereocenters. The molecule has 7 amide bonds. The monoisotopic (exact) mass is 984 g/mol. The van der Waals surface area contributed by atoms with Crippen LogP contribution in [0.25, 0.3) is 0 Å². The van der Waals surface area contributed by atoms with Crippen molar-refractivity contribution in [1.82, 2.24) is 36.8 Å². The van der Waals surface area contributed by atoms with Gasteiger partial charge in [-0.25, -0.2) is 24.1 Å². The maximum absolute atomic E-state index is 14.4. The number of benzene rings is 3. The molecule has 8 atom stereocenters. The molecule has 382 valence electrons. The summed E-state index contributed by atoms with van der Waals surface area (Å²) in [4.78, 5) is 116. The summed E-state index contributed by atoms with van der Waals surface area (Å²) in [6.45, 7) is 10.3. The minimum Gasteiger partial charge on any atom is -0.458 e. The molecular weight excluding hydrogens is 921 g/mol. The number of hydrogen-bond acceptors (Lipinski definition) is 14. The molecule has 0 aromatic heterocycles. The summed E-state index contributed by atoms with van der Waals surface area (Å²) in [7, 11) is 0. The molecule has 1 saturated heterocycles. The van der Waals surface area contributed by atoms with Gasteiger partial charge in [-0.05, 0) is 63.6 Å². The van der Waals surface area contributed by atoms with Crippen LogP contribution in [0.5, 0.6) is 0 Å². The van der Waals surface area contributed by atoms with Crippen LogP contribution in [0.4, 0.5) is 14.4 Å². The van der Waals surface area contributed by atoms with Crippen LogP contribution in [0, 0.1) is 5.92 Å². The van der Waals surface area contributed by atoms with Gasteiger partial charge in [-0.15, -0.1) is 0 Å². The number of guanidine groups is 1. The number of ether oxygens (including phenoxy) is 5. The fourth-order valence-corrected chi connectivity index (χ4v) is 7.25. The van der Waals surface area contributed by atoms with Crippen molar-refractivity contribution in [2.24, 2.45) is 10.9 Å². The molecule has 2 heterocycles. The molecule has 2 aliphatic heterocycles. The number of carbonyl (C=O) groups excluding carboxylic acids is 8. The Morgan fingerprint density at radius 1 is 0.775 bits per heavy atom. The average molecular weight is 985 g/mol. The van der Waals surface area contributed by atoms with E-state index in [9.17, 15) is 38.4 Å². The second-order valence-electron chi connectivity index (χ2n) is 18.1. The number of esters is 1. The maximum Gasteiger partial charge on any atom is 0.417 e. The fourth-order valence-electron chi connectivity index (χ4n) is 7.25. The fraction of sp³-hybridized carbons (Fsp3) is 0.460. The predicted molar refractivity (Wildman–Crippen MR) is 257 cm³/mol. The van der Waals surface area contributed by atoms with Crippen LogP contribution in [-0.4, -0.2) is 120 Å². The predicted octanol–water partition coefficient (Wildman–Crippen LogP) is 3.74. The lowest BCUT2D eigenvalue weighted by Gasteiger charge is -2.30.